The summed E-state index contributed by atoms with van der Waals surface area (Å²) in [6.07, 6.45) is 0. The van der Waals surface area contributed by atoms with Gasteiger partial charge in [0.1, 0.15) is 0 Å². The quantitative estimate of drug-likeness (QED) is 0.327. The van der Waals surface area contributed by atoms with E-state index in [2.05, 4.69) is 46.0 Å². The van der Waals surface area contributed by atoms with E-state index in [0.29, 0.717) is 15.8 Å². The molecule has 3 aromatic carbocycles. The molecule has 3 nitrogen and oxygen atoms in total. The Morgan fingerprint density at radius 1 is 0.893 bits per heavy atom. The van der Waals surface area contributed by atoms with Crippen LogP contribution in [0.2, 0.25) is 10.0 Å². The van der Waals surface area contributed by atoms with E-state index in [0.717, 1.165) is 27.8 Å². The first kappa shape index (κ1) is 19.1. The normalized spacial score (nSPS) is 11.0. The molecule has 28 heavy (non-hydrogen) atoms. The van der Waals surface area contributed by atoms with Crippen LogP contribution in [0.15, 0.2) is 78.0 Å². The number of aryl methyl sites for hydroxylation is 1. The van der Waals surface area contributed by atoms with Crippen molar-refractivity contribution in [1.29, 1.82) is 0 Å². The lowest BCUT2D eigenvalue weighted by molar-refractivity contribution is 0.885. The maximum Gasteiger partial charge on any atom is 0.196 e. The van der Waals surface area contributed by atoms with Crippen molar-refractivity contribution >= 4 is 35.0 Å². The van der Waals surface area contributed by atoms with Crippen molar-refractivity contribution in [2.45, 2.75) is 17.8 Å². The topological polar surface area (TPSA) is 30.7 Å². The van der Waals surface area contributed by atoms with E-state index < -0.39 is 0 Å². The Morgan fingerprint density at radius 3 is 2.36 bits per heavy atom. The number of hydrogen-bond acceptors (Lipinski definition) is 3. The van der Waals surface area contributed by atoms with Crippen molar-refractivity contribution in [2.24, 2.45) is 0 Å². The smallest absolute Gasteiger partial charge is 0.196 e. The second kappa shape index (κ2) is 8.39. The third-order valence-electron chi connectivity index (χ3n) is 4.33. The van der Waals surface area contributed by atoms with Gasteiger partial charge in [-0.2, -0.15) is 0 Å². The lowest BCUT2D eigenvalue weighted by Gasteiger charge is -2.11. The lowest BCUT2D eigenvalue weighted by Crippen LogP contribution is -2.00. The molecular formula is C22H17Cl2N3S. The van der Waals surface area contributed by atoms with Crippen LogP contribution in [0.25, 0.3) is 17.1 Å². The number of thioether (sulfide) groups is 1. The molecule has 4 rings (SSSR count). The molecule has 0 saturated heterocycles. The highest BCUT2D eigenvalue weighted by Gasteiger charge is 2.16. The number of benzene rings is 3. The first-order valence-electron chi connectivity index (χ1n) is 8.76. The molecule has 6 heteroatoms. The Balaban J connectivity index is 1.72. The van der Waals surface area contributed by atoms with Gasteiger partial charge in [-0.25, -0.2) is 0 Å². The van der Waals surface area contributed by atoms with Gasteiger partial charge in [0.25, 0.3) is 0 Å². The number of hydrogen-bond donors (Lipinski definition) is 0. The summed E-state index contributed by atoms with van der Waals surface area (Å²) in [5.41, 5.74) is 4.27. The van der Waals surface area contributed by atoms with E-state index in [1.165, 1.54) is 5.56 Å². The molecular weight excluding hydrogens is 409 g/mol. The van der Waals surface area contributed by atoms with Gasteiger partial charge in [-0.15, -0.1) is 10.2 Å². The van der Waals surface area contributed by atoms with Gasteiger partial charge in [0.2, 0.25) is 0 Å². The standard InChI is InChI=1S/C22H17Cl2N3S/c1-15-7-11-19(12-8-15)27-21(16-5-3-2-4-6-16)25-26-22(27)28-14-17-9-10-18(23)13-20(17)24/h2-13H,14H2,1H3. The van der Waals surface area contributed by atoms with Crippen LogP contribution >= 0.6 is 35.0 Å². The molecule has 0 radical (unpaired) electrons. The zero-order valence-corrected chi connectivity index (χ0v) is 17.5. The fourth-order valence-electron chi connectivity index (χ4n) is 2.85. The summed E-state index contributed by atoms with van der Waals surface area (Å²) < 4.78 is 2.09. The fourth-order valence-corrected chi connectivity index (χ4v) is 4.36. The highest BCUT2D eigenvalue weighted by atomic mass is 35.5. The predicted octanol–water partition coefficient (Wildman–Crippen LogP) is 6.84. The molecule has 140 valence electrons. The maximum atomic E-state index is 6.33. The van der Waals surface area contributed by atoms with Crippen molar-refractivity contribution in [3.8, 4) is 17.1 Å². The maximum absolute atomic E-state index is 6.33. The Kier molecular flexibility index (Phi) is 5.72. The molecule has 0 spiro atoms. The molecule has 0 bridgehead atoms. The van der Waals surface area contributed by atoms with E-state index in [9.17, 15) is 0 Å². The fraction of sp³-hybridized carbons (Fsp3) is 0.0909. The van der Waals surface area contributed by atoms with Crippen LogP contribution in [0.4, 0.5) is 0 Å². The van der Waals surface area contributed by atoms with Crippen molar-refractivity contribution in [3.05, 3.63) is 94.0 Å². The van der Waals surface area contributed by atoms with Gasteiger partial charge in [0, 0.05) is 27.0 Å². The SMILES string of the molecule is Cc1ccc(-n2c(SCc3ccc(Cl)cc3Cl)nnc2-c2ccccc2)cc1. The largest absolute Gasteiger partial charge is 0.270 e. The monoisotopic (exact) mass is 425 g/mol. The first-order chi connectivity index (χ1) is 13.6. The summed E-state index contributed by atoms with van der Waals surface area (Å²) in [5.74, 6) is 1.49. The minimum atomic E-state index is 0.632. The van der Waals surface area contributed by atoms with Gasteiger partial charge < -0.3 is 0 Å². The van der Waals surface area contributed by atoms with E-state index >= 15 is 0 Å². The van der Waals surface area contributed by atoms with E-state index in [4.69, 9.17) is 23.2 Å². The molecule has 0 N–H and O–H groups in total. The van der Waals surface area contributed by atoms with Crippen LogP contribution in [-0.4, -0.2) is 14.8 Å². The molecule has 0 fully saturated rings. The molecule has 0 atom stereocenters. The van der Waals surface area contributed by atoms with E-state index in [1.807, 2.05) is 42.5 Å². The molecule has 0 unspecified atom stereocenters. The molecule has 0 saturated carbocycles. The third kappa shape index (κ3) is 4.09. The van der Waals surface area contributed by atoms with Gasteiger partial charge >= 0.3 is 0 Å². The summed E-state index contributed by atoms with van der Waals surface area (Å²) in [5, 5.41) is 11.0. The summed E-state index contributed by atoms with van der Waals surface area (Å²) in [4.78, 5) is 0. The van der Waals surface area contributed by atoms with E-state index in [1.54, 1.807) is 17.8 Å². The number of nitrogens with zero attached hydrogens (tertiary/aromatic N) is 3. The first-order valence-corrected chi connectivity index (χ1v) is 10.5. The Morgan fingerprint density at radius 2 is 1.64 bits per heavy atom. The van der Waals surface area contributed by atoms with Gasteiger partial charge in [0.15, 0.2) is 11.0 Å². The summed E-state index contributed by atoms with van der Waals surface area (Å²) in [7, 11) is 0. The van der Waals surface area contributed by atoms with Crippen LogP contribution < -0.4 is 0 Å². The van der Waals surface area contributed by atoms with Crippen LogP contribution in [0.5, 0.6) is 0 Å². The molecule has 0 aliphatic carbocycles. The van der Waals surface area contributed by atoms with Crippen molar-refractivity contribution in [3.63, 3.8) is 0 Å². The Hall–Kier alpha value is -2.27. The summed E-state index contributed by atoms with van der Waals surface area (Å²) in [6.45, 7) is 2.08. The van der Waals surface area contributed by atoms with Crippen LogP contribution in [0.3, 0.4) is 0 Å². The average molecular weight is 426 g/mol. The molecule has 1 aromatic heterocycles. The van der Waals surface area contributed by atoms with Gasteiger partial charge in [-0.05, 0) is 36.8 Å². The molecule has 1 heterocycles. The average Bonchev–Trinajstić information content (AvgIpc) is 3.12. The molecule has 0 aliphatic rings. The minimum absolute atomic E-state index is 0.632. The predicted molar refractivity (Wildman–Crippen MR) is 118 cm³/mol. The Labute approximate surface area is 178 Å². The number of aromatic nitrogens is 3. The highest BCUT2D eigenvalue weighted by molar-refractivity contribution is 7.98. The van der Waals surface area contributed by atoms with Gasteiger partial charge in [0.05, 0.1) is 0 Å². The van der Waals surface area contributed by atoms with Crippen LogP contribution in [0.1, 0.15) is 11.1 Å². The zero-order chi connectivity index (χ0) is 19.5. The van der Waals surface area contributed by atoms with Crippen molar-refractivity contribution in [2.75, 3.05) is 0 Å². The Bertz CT molecular complexity index is 1090. The minimum Gasteiger partial charge on any atom is -0.270 e. The van der Waals surface area contributed by atoms with Crippen molar-refractivity contribution in [1.82, 2.24) is 14.8 Å². The second-order valence-corrected chi connectivity index (χ2v) is 8.15. The molecule has 0 aliphatic heterocycles. The highest BCUT2D eigenvalue weighted by Crippen LogP contribution is 2.32. The molecule has 0 amide bonds. The van der Waals surface area contributed by atoms with Crippen LogP contribution in [-0.2, 0) is 5.75 Å². The van der Waals surface area contributed by atoms with E-state index in [-0.39, 0.29) is 0 Å². The third-order valence-corrected chi connectivity index (χ3v) is 5.89. The number of halogens is 2. The van der Waals surface area contributed by atoms with Crippen LogP contribution in [0, 0.1) is 6.92 Å². The van der Waals surface area contributed by atoms with Crippen molar-refractivity contribution < 1.29 is 0 Å². The summed E-state index contributed by atoms with van der Waals surface area (Å²) in [6, 6.07) is 24.0. The lowest BCUT2D eigenvalue weighted by atomic mass is 10.2. The van der Waals surface area contributed by atoms with Gasteiger partial charge in [-0.1, -0.05) is 89.1 Å². The summed E-state index contributed by atoms with van der Waals surface area (Å²) >= 11 is 13.9. The zero-order valence-electron chi connectivity index (χ0n) is 15.1. The molecule has 4 aromatic rings. The number of rotatable bonds is 5. The second-order valence-electron chi connectivity index (χ2n) is 6.37. The van der Waals surface area contributed by atoms with Gasteiger partial charge in [-0.3, -0.25) is 4.57 Å².